The van der Waals surface area contributed by atoms with Crippen LogP contribution in [0.3, 0.4) is 0 Å². The number of thioether (sulfide) groups is 1. The summed E-state index contributed by atoms with van der Waals surface area (Å²) in [4.78, 5) is 16.9. The summed E-state index contributed by atoms with van der Waals surface area (Å²) in [6.07, 6.45) is 1.46. The fourth-order valence-electron chi connectivity index (χ4n) is 2.83. The molecule has 0 aliphatic heterocycles. The van der Waals surface area contributed by atoms with E-state index in [-0.39, 0.29) is 11.7 Å². The van der Waals surface area contributed by atoms with Gasteiger partial charge in [-0.3, -0.25) is 4.79 Å². The van der Waals surface area contributed by atoms with Crippen LogP contribution in [-0.2, 0) is 5.75 Å². The average molecular weight is 450 g/mol. The molecule has 0 radical (unpaired) electrons. The van der Waals surface area contributed by atoms with E-state index in [2.05, 4.69) is 21.6 Å². The molecule has 0 fully saturated rings. The molecule has 8 heteroatoms. The lowest BCUT2D eigenvalue weighted by molar-refractivity contribution is 0.0955. The number of carbonyl (C=O) groups is 1. The first kappa shape index (κ1) is 20.9. The third kappa shape index (κ3) is 5.22. The monoisotopic (exact) mass is 449 g/mol. The summed E-state index contributed by atoms with van der Waals surface area (Å²) in [5.74, 6) is 0.861. The third-order valence-electron chi connectivity index (χ3n) is 4.44. The van der Waals surface area contributed by atoms with E-state index in [1.807, 2.05) is 30.3 Å². The van der Waals surface area contributed by atoms with Gasteiger partial charge in [0.1, 0.15) is 0 Å². The van der Waals surface area contributed by atoms with Crippen LogP contribution in [0.4, 0.5) is 0 Å². The number of amides is 1. The molecule has 0 aliphatic rings. The van der Waals surface area contributed by atoms with Gasteiger partial charge in [-0.15, -0.1) is 11.3 Å². The molecular weight excluding hydrogens is 430 g/mol. The topological polar surface area (TPSA) is 83.8 Å². The summed E-state index contributed by atoms with van der Waals surface area (Å²) in [5.41, 5.74) is 5.78. The van der Waals surface area contributed by atoms with Crippen LogP contribution in [0.2, 0.25) is 0 Å². The number of nitrogens with one attached hydrogen (secondary N) is 1. The Hall–Kier alpha value is -3.36. The highest BCUT2D eigenvalue weighted by atomic mass is 32.2. The Morgan fingerprint density at radius 1 is 1.19 bits per heavy atom. The summed E-state index contributed by atoms with van der Waals surface area (Å²) in [6.45, 7) is 0. The Morgan fingerprint density at radius 3 is 2.74 bits per heavy atom. The van der Waals surface area contributed by atoms with Crippen LogP contribution in [0.15, 0.2) is 76.2 Å². The zero-order valence-corrected chi connectivity index (χ0v) is 18.2. The van der Waals surface area contributed by atoms with Gasteiger partial charge in [-0.2, -0.15) is 5.10 Å². The van der Waals surface area contributed by atoms with Gasteiger partial charge in [0.15, 0.2) is 15.8 Å². The number of fused-ring (bicyclic) bond motifs is 1. The summed E-state index contributed by atoms with van der Waals surface area (Å²) in [7, 11) is 1.48. The number of benzene rings is 3. The molecule has 0 saturated heterocycles. The lowest BCUT2D eigenvalue weighted by Gasteiger charge is -2.04. The zero-order valence-electron chi connectivity index (χ0n) is 16.6. The maximum absolute atomic E-state index is 12.3. The van der Waals surface area contributed by atoms with Gasteiger partial charge >= 0.3 is 0 Å². The third-order valence-corrected chi connectivity index (χ3v) is 6.69. The number of hydrogen-bond acceptors (Lipinski definition) is 7. The number of rotatable bonds is 7. The number of thiazole rings is 1. The summed E-state index contributed by atoms with van der Waals surface area (Å²) >= 11 is 3.37. The second-order valence-electron chi connectivity index (χ2n) is 6.56. The van der Waals surface area contributed by atoms with Crippen molar-refractivity contribution >= 4 is 45.4 Å². The standard InChI is InChI=1S/C23H19N3O3S2/c1-29-20-11-8-16(12-19(20)27)13-24-26-22(28)17-9-6-15(7-10-17)14-30-23-25-18-4-2-3-5-21(18)31-23/h2-13,27H,14H2,1H3,(H,26,28)/b24-13-. The molecule has 0 unspecified atom stereocenters. The fraction of sp³-hybridized carbons (Fsp3) is 0.0870. The molecule has 2 N–H and O–H groups in total. The van der Waals surface area contributed by atoms with Crippen molar-refractivity contribution in [1.29, 1.82) is 0 Å². The number of aromatic nitrogens is 1. The number of ether oxygens (including phenoxy) is 1. The van der Waals surface area contributed by atoms with E-state index in [9.17, 15) is 9.90 Å². The van der Waals surface area contributed by atoms with Crippen LogP contribution in [0.25, 0.3) is 10.2 Å². The first-order valence-electron chi connectivity index (χ1n) is 9.40. The SMILES string of the molecule is COc1ccc(/C=N\NC(=O)c2ccc(CSc3nc4ccccc4s3)cc2)cc1O. The number of hydrogen-bond donors (Lipinski definition) is 2. The Kier molecular flexibility index (Phi) is 6.49. The second kappa shape index (κ2) is 9.63. The lowest BCUT2D eigenvalue weighted by atomic mass is 10.1. The number of phenols is 1. The molecule has 4 aromatic rings. The van der Waals surface area contributed by atoms with Gasteiger partial charge < -0.3 is 9.84 Å². The van der Waals surface area contributed by atoms with Gasteiger partial charge in [-0.1, -0.05) is 36.0 Å². The van der Waals surface area contributed by atoms with Crippen molar-refractivity contribution in [3.63, 3.8) is 0 Å². The highest BCUT2D eigenvalue weighted by Crippen LogP contribution is 2.31. The van der Waals surface area contributed by atoms with Crippen molar-refractivity contribution < 1.29 is 14.6 Å². The smallest absolute Gasteiger partial charge is 0.271 e. The highest BCUT2D eigenvalue weighted by Gasteiger charge is 2.07. The number of carbonyl (C=O) groups excluding carboxylic acids is 1. The Morgan fingerprint density at radius 2 is 2.00 bits per heavy atom. The zero-order chi connectivity index (χ0) is 21.6. The van der Waals surface area contributed by atoms with E-state index in [0.717, 1.165) is 21.2 Å². The van der Waals surface area contributed by atoms with Gasteiger partial charge in [0.25, 0.3) is 5.91 Å². The van der Waals surface area contributed by atoms with Crippen LogP contribution in [0, 0.1) is 0 Å². The van der Waals surface area contributed by atoms with Crippen molar-refractivity contribution in [3.8, 4) is 11.5 Å². The summed E-state index contributed by atoms with van der Waals surface area (Å²) in [5, 5.41) is 13.7. The molecule has 0 bridgehead atoms. The lowest BCUT2D eigenvalue weighted by Crippen LogP contribution is -2.17. The van der Waals surface area contributed by atoms with Crippen LogP contribution in [0.1, 0.15) is 21.5 Å². The second-order valence-corrected chi connectivity index (χ2v) is 8.82. The molecule has 31 heavy (non-hydrogen) atoms. The molecule has 156 valence electrons. The number of hydrazone groups is 1. The molecule has 0 saturated carbocycles. The van der Waals surface area contributed by atoms with Gasteiger partial charge in [0.2, 0.25) is 0 Å². The molecule has 0 aliphatic carbocycles. The number of nitrogens with zero attached hydrogens (tertiary/aromatic N) is 2. The highest BCUT2D eigenvalue weighted by molar-refractivity contribution is 8.00. The van der Waals surface area contributed by atoms with Gasteiger partial charge in [-0.25, -0.2) is 10.4 Å². The fourth-order valence-corrected chi connectivity index (χ4v) is 4.85. The number of methoxy groups -OCH3 is 1. The largest absolute Gasteiger partial charge is 0.504 e. The summed E-state index contributed by atoms with van der Waals surface area (Å²) < 4.78 is 7.21. The molecule has 1 heterocycles. The molecule has 1 aromatic heterocycles. The van der Waals surface area contributed by atoms with Gasteiger partial charge in [0.05, 0.1) is 23.5 Å². The molecule has 4 rings (SSSR count). The first-order chi connectivity index (χ1) is 15.1. The van der Waals surface area contributed by atoms with Crippen LogP contribution in [-0.4, -0.2) is 29.3 Å². The van der Waals surface area contributed by atoms with E-state index in [1.54, 1.807) is 47.4 Å². The van der Waals surface area contributed by atoms with Crippen LogP contribution in [0.5, 0.6) is 11.5 Å². The number of para-hydroxylation sites is 1. The summed E-state index contributed by atoms with van der Waals surface area (Å²) in [6, 6.07) is 20.4. The van der Waals surface area contributed by atoms with Gasteiger partial charge in [0, 0.05) is 11.3 Å². The first-order valence-corrected chi connectivity index (χ1v) is 11.2. The predicted molar refractivity (Wildman–Crippen MR) is 125 cm³/mol. The van der Waals surface area contributed by atoms with Crippen molar-refractivity contribution in [2.45, 2.75) is 10.1 Å². The van der Waals surface area contributed by atoms with Gasteiger partial charge in [-0.05, 0) is 53.6 Å². The van der Waals surface area contributed by atoms with Crippen LogP contribution < -0.4 is 10.2 Å². The maximum atomic E-state index is 12.3. The Bertz CT molecular complexity index is 1200. The average Bonchev–Trinajstić information content (AvgIpc) is 3.21. The van der Waals surface area contributed by atoms with Crippen molar-refractivity contribution in [1.82, 2.24) is 10.4 Å². The molecule has 0 atom stereocenters. The Balaban J connectivity index is 1.31. The minimum absolute atomic E-state index is 0.0112. The molecular formula is C23H19N3O3S2. The molecule has 0 spiro atoms. The minimum Gasteiger partial charge on any atom is -0.504 e. The van der Waals surface area contributed by atoms with E-state index >= 15 is 0 Å². The van der Waals surface area contributed by atoms with Crippen molar-refractivity contribution in [2.24, 2.45) is 5.10 Å². The Labute approximate surface area is 187 Å². The number of phenolic OH excluding ortho intramolecular Hbond substituents is 1. The van der Waals surface area contributed by atoms with E-state index in [4.69, 9.17) is 4.74 Å². The van der Waals surface area contributed by atoms with Crippen LogP contribution >= 0.6 is 23.1 Å². The minimum atomic E-state index is -0.306. The van der Waals surface area contributed by atoms with Crippen molar-refractivity contribution in [3.05, 3.63) is 83.4 Å². The molecule has 1 amide bonds. The normalized spacial score (nSPS) is 11.1. The predicted octanol–water partition coefficient (Wildman–Crippen LogP) is 5.07. The van der Waals surface area contributed by atoms with E-state index in [0.29, 0.717) is 16.9 Å². The molecule has 6 nitrogen and oxygen atoms in total. The van der Waals surface area contributed by atoms with E-state index < -0.39 is 0 Å². The maximum Gasteiger partial charge on any atom is 0.271 e. The van der Waals surface area contributed by atoms with Crippen molar-refractivity contribution in [2.75, 3.05) is 7.11 Å². The van der Waals surface area contributed by atoms with E-state index in [1.165, 1.54) is 24.1 Å². The number of aromatic hydroxyl groups is 1. The molecule has 3 aromatic carbocycles. The quantitative estimate of drug-likeness (QED) is 0.234.